The summed E-state index contributed by atoms with van der Waals surface area (Å²) in [5, 5.41) is 2.98. The van der Waals surface area contributed by atoms with Gasteiger partial charge in [-0.05, 0) is 6.92 Å². The molecule has 0 fully saturated rings. The normalized spacial score (nSPS) is 10.1. The Morgan fingerprint density at radius 3 is 2.39 bits per heavy atom. The molecule has 0 aliphatic rings. The lowest BCUT2D eigenvalue weighted by Crippen LogP contribution is -2.08. The van der Waals surface area contributed by atoms with Crippen LogP contribution in [0.4, 0.5) is 11.6 Å². The molecule has 1 heterocycles. The zero-order valence-corrected chi connectivity index (χ0v) is 13.7. The molecule has 7 nitrogen and oxygen atoms in total. The minimum atomic E-state index is -0.563. The fraction of sp³-hybridized carbons (Fsp3) is 0.267. The smallest absolute Gasteiger partial charge is 0.342 e. The molecule has 23 heavy (non-hydrogen) atoms. The first-order valence-electron chi connectivity index (χ1n) is 6.77. The maximum Gasteiger partial charge on any atom is 0.342 e. The first kappa shape index (κ1) is 16.8. The van der Waals surface area contributed by atoms with Gasteiger partial charge in [-0.25, -0.2) is 9.78 Å². The maximum absolute atomic E-state index is 11.7. The van der Waals surface area contributed by atoms with E-state index in [1.807, 2.05) is 0 Å². The molecule has 0 aliphatic carbocycles. The fourth-order valence-electron chi connectivity index (χ4n) is 1.78. The Morgan fingerprint density at radius 2 is 1.87 bits per heavy atom. The molecule has 1 N–H and O–H groups in total. The van der Waals surface area contributed by atoms with E-state index in [2.05, 4.69) is 15.3 Å². The van der Waals surface area contributed by atoms with Crippen LogP contribution in [0.25, 0.3) is 0 Å². The molecule has 0 saturated heterocycles. The predicted molar refractivity (Wildman–Crippen MR) is 85.8 cm³/mol. The second-order valence-corrected chi connectivity index (χ2v) is 4.70. The topological polar surface area (TPSA) is 82.6 Å². The molecule has 0 bridgehead atoms. The quantitative estimate of drug-likeness (QED) is 0.640. The van der Waals surface area contributed by atoms with Crippen LogP contribution in [-0.4, -0.2) is 36.8 Å². The van der Waals surface area contributed by atoms with Gasteiger partial charge in [-0.15, -0.1) is 0 Å². The van der Waals surface area contributed by atoms with Crippen molar-refractivity contribution >= 4 is 29.2 Å². The highest BCUT2D eigenvalue weighted by Gasteiger charge is 2.14. The number of aromatic nitrogens is 2. The van der Waals surface area contributed by atoms with E-state index < -0.39 is 5.97 Å². The largest absolute Gasteiger partial charge is 0.497 e. The SMILES string of the molecule is CCOC(=O)c1cnc(Nc2cc(OC)cc(OC)c2)nc1Cl. The average molecular weight is 338 g/mol. The number of rotatable bonds is 6. The van der Waals surface area contributed by atoms with Gasteiger partial charge in [0.15, 0.2) is 0 Å². The number of hydrogen-bond donors (Lipinski definition) is 1. The number of carbonyl (C=O) groups is 1. The first-order valence-corrected chi connectivity index (χ1v) is 7.15. The molecule has 0 amide bonds. The number of halogens is 1. The van der Waals surface area contributed by atoms with E-state index in [9.17, 15) is 4.79 Å². The molecule has 8 heteroatoms. The van der Waals surface area contributed by atoms with Crippen molar-refractivity contribution in [2.24, 2.45) is 0 Å². The molecule has 2 aromatic rings. The zero-order chi connectivity index (χ0) is 16.8. The van der Waals surface area contributed by atoms with E-state index in [1.165, 1.54) is 6.20 Å². The van der Waals surface area contributed by atoms with Crippen molar-refractivity contribution in [1.82, 2.24) is 9.97 Å². The van der Waals surface area contributed by atoms with Crippen LogP contribution in [0.5, 0.6) is 11.5 Å². The summed E-state index contributed by atoms with van der Waals surface area (Å²) in [6, 6.07) is 5.24. The highest BCUT2D eigenvalue weighted by Crippen LogP contribution is 2.27. The van der Waals surface area contributed by atoms with Crippen molar-refractivity contribution in [2.75, 3.05) is 26.1 Å². The van der Waals surface area contributed by atoms with Gasteiger partial charge in [-0.2, -0.15) is 4.98 Å². The van der Waals surface area contributed by atoms with E-state index in [4.69, 9.17) is 25.8 Å². The number of nitrogens with one attached hydrogen (secondary N) is 1. The van der Waals surface area contributed by atoms with Gasteiger partial charge in [0.05, 0.1) is 20.8 Å². The molecule has 0 unspecified atom stereocenters. The fourth-order valence-corrected chi connectivity index (χ4v) is 1.98. The lowest BCUT2D eigenvalue weighted by atomic mass is 10.3. The molecule has 122 valence electrons. The average Bonchev–Trinajstić information content (AvgIpc) is 2.54. The van der Waals surface area contributed by atoms with Gasteiger partial charge in [0.1, 0.15) is 22.2 Å². The first-order chi connectivity index (χ1) is 11.1. The Kier molecular flexibility index (Phi) is 5.59. The van der Waals surface area contributed by atoms with Crippen LogP contribution in [0.3, 0.4) is 0 Å². The number of carbonyl (C=O) groups excluding carboxylic acids is 1. The number of anilines is 2. The molecule has 1 aromatic carbocycles. The third-order valence-electron chi connectivity index (χ3n) is 2.85. The Labute approximate surface area is 138 Å². The molecular formula is C15H16ClN3O4. The van der Waals surface area contributed by atoms with Gasteiger partial charge < -0.3 is 19.5 Å². The number of esters is 1. The van der Waals surface area contributed by atoms with Crippen LogP contribution < -0.4 is 14.8 Å². The van der Waals surface area contributed by atoms with Crippen molar-refractivity contribution in [3.05, 3.63) is 35.1 Å². The zero-order valence-electron chi connectivity index (χ0n) is 12.9. The molecule has 2 rings (SSSR count). The van der Waals surface area contributed by atoms with E-state index in [1.54, 1.807) is 39.3 Å². The summed E-state index contributed by atoms with van der Waals surface area (Å²) in [4.78, 5) is 19.8. The molecule has 0 aliphatic heterocycles. The van der Waals surface area contributed by atoms with Gasteiger partial charge in [-0.1, -0.05) is 11.6 Å². The Bertz CT molecular complexity index is 687. The Balaban J connectivity index is 2.24. The number of hydrogen-bond acceptors (Lipinski definition) is 7. The highest BCUT2D eigenvalue weighted by molar-refractivity contribution is 6.32. The molecule has 0 atom stereocenters. The minimum absolute atomic E-state index is 0.0100. The van der Waals surface area contributed by atoms with Crippen LogP contribution in [-0.2, 0) is 4.74 Å². The van der Waals surface area contributed by atoms with Gasteiger partial charge in [0.25, 0.3) is 0 Å². The van der Waals surface area contributed by atoms with Crippen molar-refractivity contribution in [3.8, 4) is 11.5 Å². The van der Waals surface area contributed by atoms with E-state index in [-0.39, 0.29) is 23.3 Å². The van der Waals surface area contributed by atoms with Crippen molar-refractivity contribution in [1.29, 1.82) is 0 Å². The molecule has 0 radical (unpaired) electrons. The monoisotopic (exact) mass is 337 g/mol. The van der Waals surface area contributed by atoms with Crippen molar-refractivity contribution in [3.63, 3.8) is 0 Å². The standard InChI is InChI=1S/C15H16ClN3O4/c1-4-23-14(20)12-8-17-15(19-13(12)16)18-9-5-10(21-2)7-11(6-9)22-3/h5-8H,4H2,1-3H3,(H,17,18,19). The summed E-state index contributed by atoms with van der Waals surface area (Å²) < 4.78 is 15.2. The van der Waals surface area contributed by atoms with Crippen LogP contribution in [0.2, 0.25) is 5.15 Å². The van der Waals surface area contributed by atoms with E-state index in [0.29, 0.717) is 17.2 Å². The second kappa shape index (κ2) is 7.64. The van der Waals surface area contributed by atoms with Crippen LogP contribution in [0.15, 0.2) is 24.4 Å². The Hall–Kier alpha value is -2.54. The minimum Gasteiger partial charge on any atom is -0.497 e. The van der Waals surface area contributed by atoms with Crippen LogP contribution in [0, 0.1) is 0 Å². The van der Waals surface area contributed by atoms with E-state index >= 15 is 0 Å². The highest BCUT2D eigenvalue weighted by atomic mass is 35.5. The summed E-state index contributed by atoms with van der Waals surface area (Å²) >= 11 is 6.00. The van der Waals surface area contributed by atoms with Crippen LogP contribution in [0.1, 0.15) is 17.3 Å². The molecule has 0 spiro atoms. The van der Waals surface area contributed by atoms with Gasteiger partial charge in [-0.3, -0.25) is 0 Å². The maximum atomic E-state index is 11.7. The summed E-state index contributed by atoms with van der Waals surface area (Å²) in [7, 11) is 3.11. The number of nitrogens with zero attached hydrogens (tertiary/aromatic N) is 2. The molecule has 1 aromatic heterocycles. The predicted octanol–water partition coefficient (Wildman–Crippen LogP) is 3.07. The summed E-state index contributed by atoms with van der Waals surface area (Å²) in [6.07, 6.45) is 1.31. The van der Waals surface area contributed by atoms with Gasteiger partial charge in [0.2, 0.25) is 5.95 Å². The second-order valence-electron chi connectivity index (χ2n) is 4.34. The number of ether oxygens (including phenoxy) is 3. The van der Waals surface area contributed by atoms with Crippen LogP contribution >= 0.6 is 11.6 Å². The third kappa shape index (κ3) is 4.23. The number of methoxy groups -OCH3 is 2. The summed E-state index contributed by atoms with van der Waals surface area (Å²) in [6.45, 7) is 1.96. The van der Waals surface area contributed by atoms with Crippen molar-refractivity contribution < 1.29 is 19.0 Å². The molecular weight excluding hydrogens is 322 g/mol. The van der Waals surface area contributed by atoms with Gasteiger partial charge in [0, 0.05) is 30.1 Å². The van der Waals surface area contributed by atoms with Gasteiger partial charge >= 0.3 is 5.97 Å². The summed E-state index contributed by atoms with van der Waals surface area (Å²) in [5.41, 5.74) is 0.767. The number of benzene rings is 1. The van der Waals surface area contributed by atoms with Crippen molar-refractivity contribution in [2.45, 2.75) is 6.92 Å². The molecule has 0 saturated carbocycles. The summed E-state index contributed by atoms with van der Waals surface area (Å²) in [5.74, 6) is 0.896. The van der Waals surface area contributed by atoms with E-state index in [0.717, 1.165) is 0 Å². The lowest BCUT2D eigenvalue weighted by molar-refractivity contribution is 0.0525. The lowest BCUT2D eigenvalue weighted by Gasteiger charge is -2.10. The third-order valence-corrected chi connectivity index (χ3v) is 3.13. The Morgan fingerprint density at radius 1 is 1.22 bits per heavy atom.